The Labute approximate surface area is 160 Å². The van der Waals surface area contributed by atoms with Gasteiger partial charge in [0, 0.05) is 23.2 Å². The highest BCUT2D eigenvalue weighted by molar-refractivity contribution is 5.75. The molecule has 0 saturated heterocycles. The second kappa shape index (κ2) is 7.37. The van der Waals surface area contributed by atoms with Gasteiger partial charge in [0.15, 0.2) is 11.6 Å². The molecule has 0 unspecified atom stereocenters. The molecule has 3 aromatic rings. The number of nitrogens with two attached hydrogens (primary N) is 1. The van der Waals surface area contributed by atoms with E-state index in [0.717, 1.165) is 22.4 Å². The molecule has 0 saturated carbocycles. The molecule has 0 bridgehead atoms. The van der Waals surface area contributed by atoms with Gasteiger partial charge in [-0.3, -0.25) is 0 Å². The lowest BCUT2D eigenvalue weighted by molar-refractivity contribution is 0.468. The first-order valence-electron chi connectivity index (χ1n) is 9.02. The molecule has 4 N–H and O–H groups in total. The van der Waals surface area contributed by atoms with Crippen molar-refractivity contribution >= 4 is 11.5 Å². The maximum Gasteiger partial charge on any atom is 0.185 e. The van der Waals surface area contributed by atoms with Crippen LogP contribution >= 0.6 is 0 Å². The summed E-state index contributed by atoms with van der Waals surface area (Å²) in [6.07, 6.45) is 0. The lowest BCUT2D eigenvalue weighted by atomic mass is 9.95. The Balaban J connectivity index is 2.08. The van der Waals surface area contributed by atoms with Crippen LogP contribution < -0.4 is 11.1 Å². The third-order valence-electron chi connectivity index (χ3n) is 4.33. The zero-order valence-electron chi connectivity index (χ0n) is 16.2. The average molecular weight is 362 g/mol. The lowest BCUT2D eigenvalue weighted by Crippen LogP contribution is -2.17. The Morgan fingerprint density at radius 2 is 1.59 bits per heavy atom. The van der Waals surface area contributed by atoms with Gasteiger partial charge in [0.1, 0.15) is 11.5 Å². The number of benzene rings is 2. The van der Waals surface area contributed by atoms with Gasteiger partial charge in [0.25, 0.3) is 0 Å². The average Bonchev–Trinajstić information content (AvgIpc) is 2.64. The summed E-state index contributed by atoms with van der Waals surface area (Å²) in [5.41, 5.74) is 9.81. The van der Waals surface area contributed by atoms with E-state index < -0.39 is 0 Å². The van der Waals surface area contributed by atoms with Crippen LogP contribution in [0.15, 0.2) is 48.5 Å². The molecule has 1 heterocycles. The highest BCUT2D eigenvalue weighted by Crippen LogP contribution is 2.36. The molecule has 0 amide bonds. The van der Waals surface area contributed by atoms with Crippen LogP contribution in [0.2, 0.25) is 0 Å². The molecular weight excluding hydrogens is 336 g/mol. The van der Waals surface area contributed by atoms with Crippen molar-refractivity contribution in [3.05, 3.63) is 65.5 Å². The number of hydrogen-bond donors (Lipinski definition) is 3. The number of aryl methyl sites for hydroxylation is 1. The molecule has 5 nitrogen and oxygen atoms in total. The Morgan fingerprint density at radius 3 is 2.15 bits per heavy atom. The molecule has 27 heavy (non-hydrogen) atoms. The molecular formula is C22H26N4O. The molecule has 2 aromatic carbocycles. The minimum atomic E-state index is -0.257. The zero-order valence-corrected chi connectivity index (χ0v) is 16.2. The number of anilines is 2. The molecule has 5 heteroatoms. The van der Waals surface area contributed by atoms with E-state index in [9.17, 15) is 5.11 Å². The topological polar surface area (TPSA) is 84.1 Å². The van der Waals surface area contributed by atoms with Crippen LogP contribution in [-0.4, -0.2) is 15.1 Å². The summed E-state index contributed by atoms with van der Waals surface area (Å²) in [6.45, 7) is 8.68. The van der Waals surface area contributed by atoms with Gasteiger partial charge in [-0.05, 0) is 24.6 Å². The minimum Gasteiger partial charge on any atom is -0.503 e. The normalized spacial score (nSPS) is 11.4. The number of nitrogens with one attached hydrogen (secondary N) is 1. The molecule has 0 aliphatic carbocycles. The third-order valence-corrected chi connectivity index (χ3v) is 4.33. The van der Waals surface area contributed by atoms with Crippen LogP contribution in [0.3, 0.4) is 0 Å². The van der Waals surface area contributed by atoms with Crippen molar-refractivity contribution < 1.29 is 5.11 Å². The van der Waals surface area contributed by atoms with Crippen molar-refractivity contribution in [1.29, 1.82) is 0 Å². The van der Waals surface area contributed by atoms with E-state index in [2.05, 4.69) is 36.1 Å². The van der Waals surface area contributed by atoms with Gasteiger partial charge in [-0.1, -0.05) is 62.7 Å². The van der Waals surface area contributed by atoms with E-state index in [1.165, 1.54) is 0 Å². The number of aromatic nitrogens is 2. The van der Waals surface area contributed by atoms with E-state index in [1.54, 1.807) is 0 Å². The summed E-state index contributed by atoms with van der Waals surface area (Å²) in [5.74, 6) is 1.10. The van der Waals surface area contributed by atoms with Crippen molar-refractivity contribution in [1.82, 2.24) is 9.97 Å². The van der Waals surface area contributed by atoms with E-state index in [1.807, 2.05) is 55.5 Å². The van der Waals surface area contributed by atoms with Crippen LogP contribution in [-0.2, 0) is 12.0 Å². The molecule has 0 fully saturated rings. The predicted octanol–water partition coefficient (Wildman–Crippen LogP) is 4.66. The third kappa shape index (κ3) is 4.26. The second-order valence-electron chi connectivity index (χ2n) is 7.74. The van der Waals surface area contributed by atoms with E-state index >= 15 is 0 Å². The minimum absolute atomic E-state index is 0.0368. The fraction of sp³-hybridized carbons (Fsp3) is 0.273. The fourth-order valence-electron chi connectivity index (χ4n) is 2.65. The summed E-state index contributed by atoms with van der Waals surface area (Å²) in [6, 6.07) is 15.7. The maximum atomic E-state index is 10.9. The standard InChI is InChI=1S/C22H26N4O/c1-14-5-9-16(10-6-14)18-19(27)20(26-21(25-18)22(2,3)4)24-17-11-7-15(13-23)8-12-17/h5-12,27H,13,23H2,1-4H3,(H,24,25,26). The van der Waals surface area contributed by atoms with E-state index in [0.29, 0.717) is 23.9 Å². The molecule has 3 rings (SSSR count). The monoisotopic (exact) mass is 362 g/mol. The van der Waals surface area contributed by atoms with Gasteiger partial charge in [-0.15, -0.1) is 0 Å². The van der Waals surface area contributed by atoms with Crippen LogP contribution in [0, 0.1) is 6.92 Å². The van der Waals surface area contributed by atoms with Gasteiger partial charge in [0.2, 0.25) is 0 Å². The lowest BCUT2D eigenvalue weighted by Gasteiger charge is -2.20. The van der Waals surface area contributed by atoms with Crippen molar-refractivity contribution in [2.24, 2.45) is 5.73 Å². The zero-order chi connectivity index (χ0) is 19.6. The summed E-state index contributed by atoms with van der Waals surface area (Å²) in [4.78, 5) is 9.24. The first kappa shape index (κ1) is 18.9. The summed E-state index contributed by atoms with van der Waals surface area (Å²) < 4.78 is 0. The summed E-state index contributed by atoms with van der Waals surface area (Å²) in [7, 11) is 0. The van der Waals surface area contributed by atoms with Gasteiger partial charge in [-0.2, -0.15) is 0 Å². The second-order valence-corrected chi connectivity index (χ2v) is 7.74. The smallest absolute Gasteiger partial charge is 0.185 e. The largest absolute Gasteiger partial charge is 0.503 e. The first-order valence-corrected chi connectivity index (χ1v) is 9.02. The van der Waals surface area contributed by atoms with Gasteiger partial charge in [-0.25, -0.2) is 9.97 Å². The fourth-order valence-corrected chi connectivity index (χ4v) is 2.65. The Morgan fingerprint density at radius 1 is 0.963 bits per heavy atom. The maximum absolute atomic E-state index is 10.9. The molecule has 0 radical (unpaired) electrons. The van der Waals surface area contributed by atoms with Crippen LogP contribution in [0.4, 0.5) is 11.5 Å². The highest BCUT2D eigenvalue weighted by Gasteiger charge is 2.23. The Kier molecular flexibility index (Phi) is 5.15. The summed E-state index contributed by atoms with van der Waals surface area (Å²) in [5, 5.41) is 14.1. The van der Waals surface area contributed by atoms with Crippen molar-refractivity contribution in [2.45, 2.75) is 39.7 Å². The van der Waals surface area contributed by atoms with E-state index in [-0.39, 0.29) is 11.2 Å². The first-order chi connectivity index (χ1) is 12.8. The van der Waals surface area contributed by atoms with Crippen molar-refractivity contribution in [2.75, 3.05) is 5.32 Å². The van der Waals surface area contributed by atoms with Gasteiger partial charge in [0.05, 0.1) is 0 Å². The number of nitrogens with zero attached hydrogens (tertiary/aromatic N) is 2. The SMILES string of the molecule is Cc1ccc(-c2nc(C(C)(C)C)nc(Nc3ccc(CN)cc3)c2O)cc1. The van der Waals surface area contributed by atoms with Crippen LogP contribution in [0.1, 0.15) is 37.7 Å². The van der Waals surface area contributed by atoms with E-state index in [4.69, 9.17) is 5.73 Å². The number of rotatable bonds is 4. The number of aromatic hydroxyl groups is 1. The van der Waals surface area contributed by atoms with Crippen molar-refractivity contribution in [3.8, 4) is 17.0 Å². The van der Waals surface area contributed by atoms with Gasteiger partial charge < -0.3 is 16.2 Å². The molecule has 1 aromatic heterocycles. The molecule has 0 spiro atoms. The van der Waals surface area contributed by atoms with Crippen LogP contribution in [0.5, 0.6) is 5.75 Å². The highest BCUT2D eigenvalue weighted by atomic mass is 16.3. The van der Waals surface area contributed by atoms with Crippen LogP contribution in [0.25, 0.3) is 11.3 Å². The quantitative estimate of drug-likeness (QED) is 0.629. The van der Waals surface area contributed by atoms with Gasteiger partial charge >= 0.3 is 0 Å². The Bertz CT molecular complexity index is 926. The Hall–Kier alpha value is -2.92. The number of hydrogen-bond acceptors (Lipinski definition) is 5. The molecule has 0 aliphatic heterocycles. The molecule has 0 atom stereocenters. The summed E-state index contributed by atoms with van der Waals surface area (Å²) >= 11 is 0. The molecule has 0 aliphatic rings. The molecule has 140 valence electrons. The predicted molar refractivity (Wildman–Crippen MR) is 110 cm³/mol. The van der Waals surface area contributed by atoms with Crippen molar-refractivity contribution in [3.63, 3.8) is 0 Å².